The molecule has 3 N–H and O–H groups in total. The summed E-state index contributed by atoms with van der Waals surface area (Å²) in [5.41, 5.74) is -0.338. The van der Waals surface area contributed by atoms with Crippen LogP contribution in [0.5, 0.6) is 0 Å². The van der Waals surface area contributed by atoms with Crippen LogP contribution >= 0.6 is 23.2 Å². The molecule has 168 valence electrons. The van der Waals surface area contributed by atoms with E-state index in [2.05, 4.69) is 29.5 Å². The van der Waals surface area contributed by atoms with Crippen LogP contribution in [0.4, 0.5) is 5.82 Å². The molecule has 1 amide bonds. The molecule has 8 heteroatoms. The number of aliphatic carboxylic acids is 1. The van der Waals surface area contributed by atoms with Crippen molar-refractivity contribution >= 4 is 40.9 Å². The van der Waals surface area contributed by atoms with Crippen LogP contribution in [0.2, 0.25) is 10.2 Å². The molecule has 2 spiro atoms. The van der Waals surface area contributed by atoms with Gasteiger partial charge in [0.05, 0.1) is 0 Å². The number of pyridine rings is 1. The van der Waals surface area contributed by atoms with Crippen molar-refractivity contribution in [3.05, 3.63) is 57.7 Å². The van der Waals surface area contributed by atoms with E-state index in [4.69, 9.17) is 23.2 Å². The monoisotopic (exact) mass is 473 g/mol. The fraction of sp³-hybridized carbons (Fsp3) is 0.458. The third-order valence-electron chi connectivity index (χ3n) is 7.79. The van der Waals surface area contributed by atoms with Crippen LogP contribution in [-0.4, -0.2) is 33.5 Å². The summed E-state index contributed by atoms with van der Waals surface area (Å²) in [5.74, 6) is -1.47. The van der Waals surface area contributed by atoms with E-state index in [1.807, 2.05) is 12.1 Å². The second-order valence-electron chi connectivity index (χ2n) is 10.0. The first-order valence-corrected chi connectivity index (χ1v) is 11.6. The lowest BCUT2D eigenvalue weighted by molar-refractivity contribution is -0.139. The van der Waals surface area contributed by atoms with Crippen LogP contribution in [0.3, 0.4) is 0 Å². The van der Waals surface area contributed by atoms with Gasteiger partial charge >= 0.3 is 5.97 Å². The molecule has 1 saturated carbocycles. The second-order valence-corrected chi connectivity index (χ2v) is 10.9. The van der Waals surface area contributed by atoms with Crippen LogP contribution in [0.25, 0.3) is 0 Å². The Kier molecular flexibility index (Phi) is 4.86. The number of benzene rings is 1. The molecule has 0 radical (unpaired) electrons. The Labute approximate surface area is 196 Å². The van der Waals surface area contributed by atoms with Gasteiger partial charge in [-0.05, 0) is 54.9 Å². The van der Waals surface area contributed by atoms with E-state index >= 15 is 0 Å². The fourth-order valence-electron chi connectivity index (χ4n) is 6.24. The summed E-state index contributed by atoms with van der Waals surface area (Å²) < 4.78 is 0. The van der Waals surface area contributed by atoms with Crippen molar-refractivity contribution in [1.29, 1.82) is 0 Å². The molecule has 3 atom stereocenters. The molecule has 2 aromatic rings. The van der Waals surface area contributed by atoms with Crippen LogP contribution in [0, 0.1) is 5.41 Å². The number of carbonyl (C=O) groups is 2. The van der Waals surface area contributed by atoms with Crippen molar-refractivity contribution in [2.24, 2.45) is 5.41 Å². The number of fused-ring (bicyclic) bond motifs is 3. The Morgan fingerprint density at radius 2 is 1.84 bits per heavy atom. The molecule has 2 fully saturated rings. The Morgan fingerprint density at radius 3 is 2.50 bits per heavy atom. The van der Waals surface area contributed by atoms with E-state index in [1.165, 1.54) is 0 Å². The second kappa shape index (κ2) is 7.17. The van der Waals surface area contributed by atoms with Gasteiger partial charge in [0.25, 0.3) is 0 Å². The lowest BCUT2D eigenvalue weighted by atomic mass is 9.53. The lowest BCUT2D eigenvalue weighted by Crippen LogP contribution is -2.61. The first-order chi connectivity index (χ1) is 15.1. The Hall–Kier alpha value is -2.15. The third-order valence-corrected chi connectivity index (χ3v) is 8.24. The van der Waals surface area contributed by atoms with E-state index < -0.39 is 28.9 Å². The average molecular weight is 474 g/mol. The van der Waals surface area contributed by atoms with Crippen LogP contribution < -0.4 is 10.6 Å². The van der Waals surface area contributed by atoms with Crippen molar-refractivity contribution in [3.63, 3.8) is 0 Å². The molecule has 0 unspecified atom stereocenters. The van der Waals surface area contributed by atoms with Crippen LogP contribution in [-0.2, 0) is 15.0 Å². The zero-order valence-corrected chi connectivity index (χ0v) is 19.4. The zero-order valence-electron chi connectivity index (χ0n) is 17.9. The summed E-state index contributed by atoms with van der Waals surface area (Å²) in [6, 6.07) is 9.72. The highest BCUT2D eigenvalue weighted by Gasteiger charge is 2.73. The summed E-state index contributed by atoms with van der Waals surface area (Å²) >= 11 is 12.5. The minimum atomic E-state index is -1.15. The number of nitrogens with zero attached hydrogens (tertiary/aromatic N) is 1. The number of rotatable bonds is 2. The van der Waals surface area contributed by atoms with Crippen molar-refractivity contribution in [2.75, 3.05) is 5.32 Å². The summed E-state index contributed by atoms with van der Waals surface area (Å²) in [6.07, 6.45) is 3.10. The van der Waals surface area contributed by atoms with Crippen molar-refractivity contribution < 1.29 is 14.7 Å². The highest BCUT2D eigenvalue weighted by Crippen LogP contribution is 2.63. The first kappa shape index (κ1) is 21.7. The molecule has 2 aliphatic heterocycles. The van der Waals surface area contributed by atoms with Gasteiger partial charge in [-0.3, -0.25) is 14.9 Å². The molecule has 6 nitrogen and oxygen atoms in total. The van der Waals surface area contributed by atoms with Gasteiger partial charge in [-0.15, -0.1) is 0 Å². The normalized spacial score (nSPS) is 29.8. The Morgan fingerprint density at radius 1 is 1.12 bits per heavy atom. The zero-order chi connectivity index (χ0) is 22.9. The van der Waals surface area contributed by atoms with Crippen molar-refractivity contribution in [2.45, 2.75) is 62.4 Å². The van der Waals surface area contributed by atoms with Crippen molar-refractivity contribution in [3.8, 4) is 0 Å². The highest BCUT2D eigenvalue weighted by atomic mass is 35.5. The minimum absolute atomic E-state index is 0.122. The topological polar surface area (TPSA) is 91.3 Å². The smallest absolute Gasteiger partial charge is 0.321 e. The molecule has 1 aromatic heterocycles. The average Bonchev–Trinajstić information content (AvgIpc) is 3.18. The van der Waals surface area contributed by atoms with Crippen LogP contribution in [0.1, 0.15) is 56.6 Å². The van der Waals surface area contributed by atoms with E-state index in [1.54, 1.807) is 24.3 Å². The minimum Gasteiger partial charge on any atom is -0.480 e. The van der Waals surface area contributed by atoms with Gasteiger partial charge in [0.1, 0.15) is 22.4 Å². The number of halogens is 2. The largest absolute Gasteiger partial charge is 0.480 e. The molecule has 3 heterocycles. The third kappa shape index (κ3) is 2.93. The van der Waals surface area contributed by atoms with Crippen LogP contribution in [0.15, 0.2) is 36.4 Å². The van der Waals surface area contributed by atoms with Gasteiger partial charge < -0.3 is 10.4 Å². The van der Waals surface area contributed by atoms with Gasteiger partial charge in [-0.25, -0.2) is 4.98 Å². The van der Waals surface area contributed by atoms with Gasteiger partial charge in [0.15, 0.2) is 0 Å². The number of nitrogens with one attached hydrogen (secondary N) is 2. The number of carboxylic acid groups (broad SMARTS) is 1. The summed E-state index contributed by atoms with van der Waals surface area (Å²) in [7, 11) is 0. The van der Waals surface area contributed by atoms with Gasteiger partial charge in [0.2, 0.25) is 5.91 Å². The Bertz CT molecular complexity index is 1130. The summed E-state index contributed by atoms with van der Waals surface area (Å²) in [6.45, 7) is 4.43. The fourth-order valence-corrected chi connectivity index (χ4v) is 6.59. The number of hydrogen-bond acceptors (Lipinski definition) is 4. The molecule has 32 heavy (non-hydrogen) atoms. The maximum Gasteiger partial charge on any atom is 0.321 e. The summed E-state index contributed by atoms with van der Waals surface area (Å²) in [5, 5.41) is 17.5. The molecule has 3 aliphatic rings. The maximum absolute atomic E-state index is 14.0. The van der Waals surface area contributed by atoms with Crippen molar-refractivity contribution in [1.82, 2.24) is 10.3 Å². The van der Waals surface area contributed by atoms with Gasteiger partial charge in [-0.1, -0.05) is 55.2 Å². The summed E-state index contributed by atoms with van der Waals surface area (Å²) in [4.78, 5) is 30.9. The number of amides is 1. The molecule has 1 saturated heterocycles. The lowest BCUT2D eigenvalue weighted by Gasteiger charge is -2.50. The number of aromatic nitrogens is 1. The predicted octanol–water partition coefficient (Wildman–Crippen LogP) is 4.76. The number of hydrogen-bond donors (Lipinski definition) is 3. The van der Waals surface area contributed by atoms with Gasteiger partial charge in [-0.2, -0.15) is 0 Å². The number of carbonyl (C=O) groups excluding carboxylic acids is 1. The van der Waals surface area contributed by atoms with E-state index in [9.17, 15) is 14.7 Å². The quantitative estimate of drug-likeness (QED) is 0.546. The van der Waals surface area contributed by atoms with E-state index in [0.717, 1.165) is 18.4 Å². The Balaban J connectivity index is 1.81. The maximum atomic E-state index is 14.0. The molecular formula is C24H25Cl2N3O3. The SMILES string of the molecule is CC1(C)CCC2(CC1)N[C@@H](C(=O)O)[C@H](c1cccc(Cl)c1)[C@]21C(=O)Nc2nc(Cl)ccc21. The molecule has 1 aromatic carbocycles. The first-order valence-electron chi connectivity index (χ1n) is 10.8. The van der Waals surface area contributed by atoms with E-state index in [0.29, 0.717) is 29.2 Å². The highest BCUT2D eigenvalue weighted by molar-refractivity contribution is 6.30. The van der Waals surface area contributed by atoms with Gasteiger partial charge in [0, 0.05) is 22.0 Å². The molecule has 1 aliphatic carbocycles. The predicted molar refractivity (Wildman–Crippen MR) is 123 cm³/mol. The molecule has 5 rings (SSSR count). The van der Waals surface area contributed by atoms with E-state index in [-0.39, 0.29) is 16.5 Å². The molecule has 0 bridgehead atoms. The number of anilines is 1. The standard InChI is InChI=1S/C24H25Cl2N3O3/c1-22(2)8-10-23(11-9-22)24(15-6-7-16(26)27-19(15)28-21(24)32)17(18(29-23)20(30)31)13-4-3-5-14(25)12-13/h3-7,12,17-18,29H,8-11H2,1-2H3,(H,30,31)(H,27,28,32)/t17-,18+,24+/m0/s1. The number of carboxylic acids is 1. The molecular weight excluding hydrogens is 449 g/mol.